The molecular weight excluding hydrogens is 240 g/mol. The van der Waals surface area contributed by atoms with E-state index in [2.05, 4.69) is 4.98 Å². The number of nitrogens with one attached hydrogen (secondary N) is 1. The minimum atomic E-state index is 0.524. The normalized spacial score (nSPS) is 10.5. The van der Waals surface area contributed by atoms with Crippen LogP contribution in [0.15, 0.2) is 30.6 Å². The van der Waals surface area contributed by atoms with Gasteiger partial charge in [0.15, 0.2) is 0 Å². The molecule has 2 rings (SSSR count). The van der Waals surface area contributed by atoms with Crippen molar-refractivity contribution in [3.8, 4) is 11.1 Å². The zero-order chi connectivity index (χ0) is 10.1. The molecule has 0 amide bonds. The standard InChI is InChI=1S/C10H6Cl3N/c11-8-3-1-2-6(10(8)13)7-4-14-5-9(7)12/h1-5,14H. The van der Waals surface area contributed by atoms with Crippen LogP contribution in [0.1, 0.15) is 0 Å². The second-order valence-corrected chi connectivity index (χ2v) is 4.01. The summed E-state index contributed by atoms with van der Waals surface area (Å²) in [4.78, 5) is 2.91. The predicted octanol–water partition coefficient (Wildman–Crippen LogP) is 4.64. The highest BCUT2D eigenvalue weighted by atomic mass is 35.5. The molecule has 2 aromatic rings. The molecule has 0 atom stereocenters. The molecule has 0 saturated heterocycles. The second-order valence-electron chi connectivity index (χ2n) is 2.82. The van der Waals surface area contributed by atoms with Crippen LogP contribution >= 0.6 is 34.8 Å². The first-order chi connectivity index (χ1) is 6.70. The highest BCUT2D eigenvalue weighted by Gasteiger charge is 2.09. The molecule has 4 heteroatoms. The van der Waals surface area contributed by atoms with Gasteiger partial charge in [0, 0.05) is 23.5 Å². The van der Waals surface area contributed by atoms with Gasteiger partial charge in [-0.25, -0.2) is 0 Å². The van der Waals surface area contributed by atoms with E-state index < -0.39 is 0 Å². The number of aromatic nitrogens is 1. The Morgan fingerprint density at radius 1 is 0.857 bits per heavy atom. The van der Waals surface area contributed by atoms with Gasteiger partial charge in [-0.05, 0) is 6.07 Å². The van der Waals surface area contributed by atoms with Gasteiger partial charge in [-0.2, -0.15) is 0 Å². The first-order valence-corrected chi connectivity index (χ1v) is 5.10. The van der Waals surface area contributed by atoms with Gasteiger partial charge in [0.05, 0.1) is 15.1 Å². The maximum absolute atomic E-state index is 6.05. The van der Waals surface area contributed by atoms with Crippen molar-refractivity contribution in [2.24, 2.45) is 0 Å². The number of benzene rings is 1. The Hall–Kier alpha value is -0.630. The van der Waals surface area contributed by atoms with E-state index in [0.29, 0.717) is 15.1 Å². The van der Waals surface area contributed by atoms with Gasteiger partial charge >= 0.3 is 0 Å². The summed E-state index contributed by atoms with van der Waals surface area (Å²) in [7, 11) is 0. The van der Waals surface area contributed by atoms with E-state index in [1.165, 1.54) is 0 Å². The predicted molar refractivity (Wildman–Crippen MR) is 61.3 cm³/mol. The Morgan fingerprint density at radius 2 is 1.64 bits per heavy atom. The lowest BCUT2D eigenvalue weighted by Crippen LogP contribution is -1.78. The van der Waals surface area contributed by atoms with Gasteiger partial charge in [-0.1, -0.05) is 46.9 Å². The zero-order valence-electron chi connectivity index (χ0n) is 7.02. The number of hydrogen-bond donors (Lipinski definition) is 1. The molecule has 0 aliphatic carbocycles. The van der Waals surface area contributed by atoms with Gasteiger partial charge in [-0.3, -0.25) is 0 Å². The average molecular weight is 247 g/mol. The fourth-order valence-electron chi connectivity index (χ4n) is 1.26. The Balaban J connectivity index is 2.63. The molecule has 0 aliphatic heterocycles. The topological polar surface area (TPSA) is 15.8 Å². The van der Waals surface area contributed by atoms with Crippen molar-refractivity contribution in [1.82, 2.24) is 4.98 Å². The summed E-state index contributed by atoms with van der Waals surface area (Å²) >= 11 is 17.9. The molecule has 72 valence electrons. The van der Waals surface area contributed by atoms with E-state index in [-0.39, 0.29) is 0 Å². The molecule has 1 N–H and O–H groups in total. The summed E-state index contributed by atoms with van der Waals surface area (Å²) in [6.07, 6.45) is 3.49. The molecule has 0 fully saturated rings. The van der Waals surface area contributed by atoms with Crippen LogP contribution in [-0.2, 0) is 0 Å². The van der Waals surface area contributed by atoms with Crippen molar-refractivity contribution < 1.29 is 0 Å². The van der Waals surface area contributed by atoms with Crippen molar-refractivity contribution in [3.63, 3.8) is 0 Å². The molecule has 1 nitrogen and oxygen atoms in total. The monoisotopic (exact) mass is 245 g/mol. The molecule has 0 aliphatic rings. The van der Waals surface area contributed by atoms with Crippen LogP contribution < -0.4 is 0 Å². The first kappa shape index (κ1) is 9.91. The van der Waals surface area contributed by atoms with Crippen molar-refractivity contribution in [1.29, 1.82) is 0 Å². The number of halogens is 3. The van der Waals surface area contributed by atoms with Crippen LogP contribution in [0.3, 0.4) is 0 Å². The van der Waals surface area contributed by atoms with E-state index in [0.717, 1.165) is 11.1 Å². The quantitative estimate of drug-likeness (QED) is 0.754. The molecule has 0 unspecified atom stereocenters. The Morgan fingerprint density at radius 3 is 2.29 bits per heavy atom. The Kier molecular flexibility index (Phi) is 2.73. The van der Waals surface area contributed by atoms with Crippen molar-refractivity contribution in [3.05, 3.63) is 45.7 Å². The van der Waals surface area contributed by atoms with E-state index in [1.807, 2.05) is 12.1 Å². The molecule has 0 bridgehead atoms. The first-order valence-electron chi connectivity index (χ1n) is 3.97. The van der Waals surface area contributed by atoms with Crippen molar-refractivity contribution >= 4 is 34.8 Å². The molecule has 1 heterocycles. The van der Waals surface area contributed by atoms with Crippen molar-refractivity contribution in [2.45, 2.75) is 0 Å². The van der Waals surface area contributed by atoms with Gasteiger partial charge in [0.25, 0.3) is 0 Å². The highest BCUT2D eigenvalue weighted by molar-refractivity contribution is 6.44. The smallest absolute Gasteiger partial charge is 0.0671 e. The third-order valence-corrected chi connectivity index (χ3v) is 3.07. The third kappa shape index (κ3) is 1.63. The van der Waals surface area contributed by atoms with Crippen LogP contribution in [0.25, 0.3) is 11.1 Å². The molecule has 0 spiro atoms. The molecule has 0 saturated carbocycles. The highest BCUT2D eigenvalue weighted by Crippen LogP contribution is 2.36. The largest absolute Gasteiger partial charge is 0.366 e. The second kappa shape index (κ2) is 3.85. The minimum absolute atomic E-state index is 0.524. The van der Waals surface area contributed by atoms with Crippen molar-refractivity contribution in [2.75, 3.05) is 0 Å². The lowest BCUT2D eigenvalue weighted by Gasteiger charge is -2.03. The van der Waals surface area contributed by atoms with E-state index >= 15 is 0 Å². The van der Waals surface area contributed by atoms with E-state index in [9.17, 15) is 0 Å². The average Bonchev–Trinajstić information content (AvgIpc) is 2.57. The van der Waals surface area contributed by atoms with Crippen LogP contribution in [0.2, 0.25) is 15.1 Å². The van der Waals surface area contributed by atoms with Gasteiger partial charge in [0.2, 0.25) is 0 Å². The molecular formula is C10H6Cl3N. The molecule has 0 radical (unpaired) electrons. The molecule has 1 aromatic carbocycles. The van der Waals surface area contributed by atoms with Gasteiger partial charge < -0.3 is 4.98 Å². The molecule has 14 heavy (non-hydrogen) atoms. The summed E-state index contributed by atoms with van der Waals surface area (Å²) in [6.45, 7) is 0. The lowest BCUT2D eigenvalue weighted by molar-refractivity contribution is 1.41. The number of H-pyrrole nitrogens is 1. The van der Waals surface area contributed by atoms with Crippen LogP contribution in [0, 0.1) is 0 Å². The number of aromatic amines is 1. The fourth-order valence-corrected chi connectivity index (χ4v) is 1.88. The number of hydrogen-bond acceptors (Lipinski definition) is 0. The molecule has 1 aromatic heterocycles. The fraction of sp³-hybridized carbons (Fsp3) is 0. The zero-order valence-corrected chi connectivity index (χ0v) is 9.29. The van der Waals surface area contributed by atoms with E-state index in [1.54, 1.807) is 18.5 Å². The Bertz CT molecular complexity index is 462. The lowest BCUT2D eigenvalue weighted by atomic mass is 10.1. The van der Waals surface area contributed by atoms with Crippen LogP contribution in [0.5, 0.6) is 0 Å². The van der Waals surface area contributed by atoms with Gasteiger partial charge in [-0.15, -0.1) is 0 Å². The summed E-state index contributed by atoms with van der Waals surface area (Å²) < 4.78 is 0. The summed E-state index contributed by atoms with van der Waals surface area (Å²) in [6, 6.07) is 5.46. The third-order valence-electron chi connectivity index (χ3n) is 1.94. The number of rotatable bonds is 1. The minimum Gasteiger partial charge on any atom is -0.366 e. The summed E-state index contributed by atoms with van der Waals surface area (Å²) in [5.41, 5.74) is 1.70. The SMILES string of the molecule is Clc1c[nH]cc1-c1cccc(Cl)c1Cl. The maximum atomic E-state index is 6.05. The summed E-state index contributed by atoms with van der Waals surface area (Å²) in [5, 5.41) is 1.69. The van der Waals surface area contributed by atoms with Gasteiger partial charge in [0.1, 0.15) is 0 Å². The maximum Gasteiger partial charge on any atom is 0.0671 e. The summed E-state index contributed by atoms with van der Waals surface area (Å²) in [5.74, 6) is 0. The van der Waals surface area contributed by atoms with Crippen LogP contribution in [-0.4, -0.2) is 4.98 Å². The van der Waals surface area contributed by atoms with E-state index in [4.69, 9.17) is 34.8 Å². The Labute approximate surface area is 96.6 Å². The van der Waals surface area contributed by atoms with Crippen LogP contribution in [0.4, 0.5) is 0 Å².